The summed E-state index contributed by atoms with van der Waals surface area (Å²) >= 11 is 0. The van der Waals surface area contributed by atoms with Crippen LogP contribution in [-0.4, -0.2) is 18.7 Å². The summed E-state index contributed by atoms with van der Waals surface area (Å²) in [7, 11) is 1.61. The maximum atomic E-state index is 5.96. The van der Waals surface area contributed by atoms with Gasteiger partial charge in [0.05, 0.1) is 13.7 Å². The quantitative estimate of drug-likeness (QED) is 0.568. The number of nitrogens with one attached hydrogen (secondary N) is 1. The Morgan fingerprint density at radius 3 is 2.32 bits per heavy atom. The van der Waals surface area contributed by atoms with Crippen LogP contribution in [0.25, 0.3) is 0 Å². The molecule has 1 N–H and O–H groups in total. The minimum Gasteiger partial charge on any atom is -0.490 e. The number of aromatic nitrogens is 1. The number of hydrogen-bond acceptors (Lipinski definition) is 5. The van der Waals surface area contributed by atoms with Gasteiger partial charge in [0.1, 0.15) is 6.61 Å². The van der Waals surface area contributed by atoms with Crippen molar-refractivity contribution < 1.29 is 14.2 Å². The number of nitrogens with zero attached hydrogens (tertiary/aromatic N) is 1. The Morgan fingerprint density at radius 1 is 0.821 bits per heavy atom. The number of hydrogen-bond donors (Lipinski definition) is 1. The molecule has 5 nitrogen and oxygen atoms in total. The molecule has 3 aromatic rings. The van der Waals surface area contributed by atoms with Gasteiger partial charge in [-0.1, -0.05) is 42.5 Å². The molecule has 0 atom stereocenters. The van der Waals surface area contributed by atoms with Crippen molar-refractivity contribution in [3.63, 3.8) is 0 Å². The fourth-order valence-corrected chi connectivity index (χ4v) is 2.77. The van der Waals surface area contributed by atoms with E-state index in [0.29, 0.717) is 19.1 Å². The summed E-state index contributed by atoms with van der Waals surface area (Å²) in [6, 6.07) is 20.0. The topological polar surface area (TPSA) is 52.6 Å². The Morgan fingerprint density at radius 2 is 1.61 bits per heavy atom. The predicted molar refractivity (Wildman–Crippen MR) is 110 cm³/mol. The molecule has 3 rings (SSSR count). The fourth-order valence-electron chi connectivity index (χ4n) is 2.77. The first-order chi connectivity index (χ1) is 13.8. The van der Waals surface area contributed by atoms with Crippen molar-refractivity contribution >= 4 is 0 Å². The van der Waals surface area contributed by atoms with Crippen LogP contribution < -0.4 is 19.5 Å². The van der Waals surface area contributed by atoms with Gasteiger partial charge in [0.25, 0.3) is 0 Å². The maximum absolute atomic E-state index is 5.96. The zero-order valence-corrected chi connectivity index (χ0v) is 16.4. The molecular formula is C23H26N2O3. The normalized spacial score (nSPS) is 10.5. The summed E-state index contributed by atoms with van der Waals surface area (Å²) in [4.78, 5) is 4.22. The minimum atomic E-state index is 0.517. The largest absolute Gasteiger partial charge is 0.490 e. The average molecular weight is 378 g/mol. The van der Waals surface area contributed by atoms with Crippen LogP contribution >= 0.6 is 0 Å². The van der Waals surface area contributed by atoms with Crippen LogP contribution in [0.5, 0.6) is 17.4 Å². The van der Waals surface area contributed by atoms with Gasteiger partial charge < -0.3 is 19.5 Å². The summed E-state index contributed by atoms with van der Waals surface area (Å²) in [5.41, 5.74) is 3.37. The molecule has 5 heteroatoms. The number of rotatable bonds is 10. The molecule has 0 fully saturated rings. The van der Waals surface area contributed by atoms with E-state index in [1.54, 1.807) is 7.11 Å². The number of ether oxygens (including phenoxy) is 3. The van der Waals surface area contributed by atoms with Crippen LogP contribution in [0, 0.1) is 0 Å². The number of pyridine rings is 1. The van der Waals surface area contributed by atoms with Crippen LogP contribution in [0.3, 0.4) is 0 Å². The molecule has 0 aliphatic heterocycles. The molecule has 2 aromatic carbocycles. The lowest BCUT2D eigenvalue weighted by molar-refractivity contribution is 0.269. The number of benzene rings is 2. The second-order valence-electron chi connectivity index (χ2n) is 6.30. The van der Waals surface area contributed by atoms with Crippen LogP contribution in [0.2, 0.25) is 0 Å². The maximum Gasteiger partial charge on any atom is 0.212 e. The van der Waals surface area contributed by atoms with Crippen LogP contribution in [0.4, 0.5) is 0 Å². The predicted octanol–water partition coefficient (Wildman–Crippen LogP) is 4.36. The van der Waals surface area contributed by atoms with Gasteiger partial charge in [0, 0.05) is 25.4 Å². The Hall–Kier alpha value is -3.05. The molecular weight excluding hydrogens is 352 g/mol. The zero-order valence-electron chi connectivity index (χ0n) is 16.4. The van der Waals surface area contributed by atoms with Crippen molar-refractivity contribution in [2.45, 2.75) is 26.6 Å². The van der Waals surface area contributed by atoms with Gasteiger partial charge in [-0.2, -0.15) is 0 Å². The second-order valence-corrected chi connectivity index (χ2v) is 6.30. The molecule has 0 unspecified atom stereocenters. The summed E-state index contributed by atoms with van der Waals surface area (Å²) in [5, 5.41) is 3.42. The molecule has 0 radical (unpaired) electrons. The smallest absolute Gasteiger partial charge is 0.212 e. The van der Waals surface area contributed by atoms with Crippen molar-refractivity contribution in [2.24, 2.45) is 0 Å². The first kappa shape index (κ1) is 19.7. The lowest BCUT2D eigenvalue weighted by Crippen LogP contribution is -2.13. The Balaban J connectivity index is 1.57. The van der Waals surface area contributed by atoms with E-state index < -0.39 is 0 Å². The molecule has 0 bridgehead atoms. The first-order valence-electron chi connectivity index (χ1n) is 9.40. The molecule has 0 saturated heterocycles. The van der Waals surface area contributed by atoms with Gasteiger partial charge in [0.2, 0.25) is 5.88 Å². The molecule has 1 heterocycles. The van der Waals surface area contributed by atoms with Gasteiger partial charge >= 0.3 is 0 Å². The van der Waals surface area contributed by atoms with Crippen molar-refractivity contribution in [3.8, 4) is 17.4 Å². The average Bonchev–Trinajstić information content (AvgIpc) is 2.75. The first-order valence-corrected chi connectivity index (χ1v) is 9.40. The molecule has 28 heavy (non-hydrogen) atoms. The monoisotopic (exact) mass is 378 g/mol. The molecule has 0 spiro atoms. The minimum absolute atomic E-state index is 0.517. The van der Waals surface area contributed by atoms with Crippen molar-refractivity contribution in [2.75, 3.05) is 13.7 Å². The molecule has 0 aliphatic carbocycles. The Bertz CT molecular complexity index is 851. The third-order valence-corrected chi connectivity index (χ3v) is 4.21. The van der Waals surface area contributed by atoms with Crippen LogP contribution in [0.15, 0.2) is 66.9 Å². The molecule has 0 aliphatic rings. The van der Waals surface area contributed by atoms with E-state index in [2.05, 4.69) is 16.4 Å². The highest BCUT2D eigenvalue weighted by Crippen LogP contribution is 2.29. The van der Waals surface area contributed by atoms with Crippen molar-refractivity contribution in [1.29, 1.82) is 0 Å². The van der Waals surface area contributed by atoms with Crippen molar-refractivity contribution in [3.05, 3.63) is 83.6 Å². The summed E-state index contributed by atoms with van der Waals surface area (Å²) < 4.78 is 16.8. The zero-order chi connectivity index (χ0) is 19.6. The van der Waals surface area contributed by atoms with Crippen molar-refractivity contribution in [1.82, 2.24) is 10.3 Å². The lowest BCUT2D eigenvalue weighted by Gasteiger charge is -2.14. The van der Waals surface area contributed by atoms with E-state index >= 15 is 0 Å². The second kappa shape index (κ2) is 10.3. The Kier molecular flexibility index (Phi) is 7.27. The Labute approximate surface area is 166 Å². The summed E-state index contributed by atoms with van der Waals surface area (Å²) in [5.74, 6) is 2.15. The SMILES string of the molecule is CCOc1cc(CNCc2ccc(OC)nc2)ccc1OCc1ccccc1. The van der Waals surface area contributed by atoms with E-state index in [4.69, 9.17) is 14.2 Å². The standard InChI is InChI=1S/C23H26N2O3/c1-3-27-22-13-19(14-24-15-20-10-12-23(26-2)25-16-20)9-11-21(22)28-17-18-7-5-4-6-8-18/h4-13,16,24H,3,14-15,17H2,1-2H3. The van der Waals surface area contributed by atoms with Crippen LogP contribution in [0.1, 0.15) is 23.6 Å². The van der Waals surface area contributed by atoms with Gasteiger partial charge in [-0.3, -0.25) is 0 Å². The highest BCUT2D eigenvalue weighted by molar-refractivity contribution is 5.43. The van der Waals surface area contributed by atoms with E-state index in [9.17, 15) is 0 Å². The third kappa shape index (κ3) is 5.72. The van der Waals surface area contributed by atoms with E-state index in [-0.39, 0.29) is 0 Å². The van der Waals surface area contributed by atoms with E-state index in [0.717, 1.165) is 41.3 Å². The highest BCUT2D eigenvalue weighted by atomic mass is 16.5. The highest BCUT2D eigenvalue weighted by Gasteiger charge is 2.07. The van der Waals surface area contributed by atoms with E-state index in [1.165, 1.54) is 0 Å². The molecule has 0 amide bonds. The van der Waals surface area contributed by atoms with Gasteiger partial charge in [-0.25, -0.2) is 4.98 Å². The van der Waals surface area contributed by atoms with Gasteiger partial charge in [-0.05, 0) is 35.7 Å². The molecule has 0 saturated carbocycles. The molecule has 146 valence electrons. The van der Waals surface area contributed by atoms with Crippen LogP contribution in [-0.2, 0) is 19.7 Å². The summed E-state index contributed by atoms with van der Waals surface area (Å²) in [6.45, 7) is 4.54. The fraction of sp³-hybridized carbons (Fsp3) is 0.261. The van der Waals surface area contributed by atoms with E-state index in [1.807, 2.05) is 67.7 Å². The third-order valence-electron chi connectivity index (χ3n) is 4.21. The van der Waals surface area contributed by atoms with Gasteiger partial charge in [0.15, 0.2) is 11.5 Å². The lowest BCUT2D eigenvalue weighted by atomic mass is 10.2. The summed E-state index contributed by atoms with van der Waals surface area (Å²) in [6.07, 6.45) is 1.82. The molecule has 1 aromatic heterocycles. The number of methoxy groups -OCH3 is 1. The van der Waals surface area contributed by atoms with Gasteiger partial charge in [-0.15, -0.1) is 0 Å².